The van der Waals surface area contributed by atoms with E-state index in [1.807, 2.05) is 62.7 Å². The minimum Gasteiger partial charge on any atom is -0.507 e. The quantitative estimate of drug-likeness (QED) is 0.239. The number of hydrogen-bond donors (Lipinski definition) is 1. The molecule has 1 aromatic heterocycles. The van der Waals surface area contributed by atoms with Gasteiger partial charge in [0.05, 0.1) is 30.2 Å². The van der Waals surface area contributed by atoms with Crippen molar-refractivity contribution in [3.63, 3.8) is 0 Å². The second-order valence-corrected chi connectivity index (χ2v) is 9.57. The molecule has 1 aliphatic rings. The average molecular weight is 504 g/mol. The normalized spacial score (nSPS) is 17.1. The van der Waals surface area contributed by atoms with Crippen LogP contribution in [0.4, 0.5) is 0 Å². The van der Waals surface area contributed by atoms with Gasteiger partial charge in [0.25, 0.3) is 11.7 Å². The van der Waals surface area contributed by atoms with Gasteiger partial charge in [0.15, 0.2) is 0 Å². The van der Waals surface area contributed by atoms with Crippen molar-refractivity contribution < 1.29 is 24.2 Å². The highest BCUT2D eigenvalue weighted by Gasteiger charge is 2.45. The highest BCUT2D eigenvalue weighted by atomic mass is 16.5. The highest BCUT2D eigenvalue weighted by molar-refractivity contribution is 6.46. The summed E-state index contributed by atoms with van der Waals surface area (Å²) in [5.74, 6) is -0.186. The summed E-state index contributed by atoms with van der Waals surface area (Å²) in [6, 6.07) is 13.5. The molecule has 1 N–H and O–H groups in total. The minimum absolute atomic E-state index is 0.00902. The Labute approximate surface area is 217 Å². The van der Waals surface area contributed by atoms with Gasteiger partial charge in [0.2, 0.25) is 0 Å². The molecule has 0 saturated carbocycles. The molecule has 0 aliphatic carbocycles. The third-order valence-electron chi connectivity index (χ3n) is 5.98. The first-order chi connectivity index (χ1) is 17.7. The number of hydrogen-bond acceptors (Lipinski definition) is 6. The van der Waals surface area contributed by atoms with Gasteiger partial charge >= 0.3 is 0 Å². The Balaban J connectivity index is 1.69. The number of aliphatic hydroxyl groups is 1. The Morgan fingerprint density at radius 2 is 1.51 bits per heavy atom. The maximum absolute atomic E-state index is 13.3. The molecule has 1 atom stereocenters. The lowest BCUT2D eigenvalue weighted by Gasteiger charge is -2.25. The van der Waals surface area contributed by atoms with Crippen molar-refractivity contribution in [3.8, 4) is 11.5 Å². The molecule has 1 amide bonds. The van der Waals surface area contributed by atoms with Crippen LogP contribution in [0.1, 0.15) is 51.3 Å². The van der Waals surface area contributed by atoms with Crippen molar-refractivity contribution in [2.45, 2.75) is 58.9 Å². The maximum Gasteiger partial charge on any atom is 0.295 e. The van der Waals surface area contributed by atoms with E-state index in [1.54, 1.807) is 41.7 Å². The largest absolute Gasteiger partial charge is 0.507 e. The lowest BCUT2D eigenvalue weighted by Crippen LogP contribution is -2.31. The van der Waals surface area contributed by atoms with Gasteiger partial charge in [-0.15, -0.1) is 0 Å². The smallest absolute Gasteiger partial charge is 0.295 e. The Morgan fingerprint density at radius 3 is 2.05 bits per heavy atom. The standard InChI is InChI=1S/C29H33N3O5/c1-19(2)36-23-10-6-21(7-11-23)26-25(27(33)22-8-12-24(13-9-22)37-20(3)4)28(34)29(35)32(26)16-5-15-31-17-14-30-18-31/h6-14,17-20,26,33H,5,15-16H2,1-4H3/t26-/m1/s1. The molecule has 0 spiro atoms. The number of carbonyl (C=O) groups is 2. The molecule has 37 heavy (non-hydrogen) atoms. The maximum atomic E-state index is 13.3. The summed E-state index contributed by atoms with van der Waals surface area (Å²) in [4.78, 5) is 32.0. The number of ketones is 1. The van der Waals surface area contributed by atoms with E-state index in [1.165, 1.54) is 0 Å². The summed E-state index contributed by atoms with van der Waals surface area (Å²) in [6.45, 7) is 8.74. The summed E-state index contributed by atoms with van der Waals surface area (Å²) in [5.41, 5.74) is 1.24. The Kier molecular flexibility index (Phi) is 7.96. The van der Waals surface area contributed by atoms with E-state index in [-0.39, 0.29) is 23.5 Å². The molecule has 1 saturated heterocycles. The van der Waals surface area contributed by atoms with Crippen molar-refractivity contribution >= 4 is 17.4 Å². The third-order valence-corrected chi connectivity index (χ3v) is 5.98. The second kappa shape index (κ2) is 11.3. The summed E-state index contributed by atoms with van der Waals surface area (Å²) >= 11 is 0. The zero-order valence-electron chi connectivity index (χ0n) is 21.6. The molecule has 2 aromatic carbocycles. The molecular formula is C29H33N3O5. The first-order valence-electron chi connectivity index (χ1n) is 12.5. The van der Waals surface area contributed by atoms with Crippen LogP contribution in [-0.4, -0.2) is 50.0 Å². The van der Waals surface area contributed by atoms with E-state index >= 15 is 0 Å². The minimum atomic E-state index is -0.720. The fourth-order valence-corrected chi connectivity index (χ4v) is 4.42. The van der Waals surface area contributed by atoms with Crippen LogP contribution >= 0.6 is 0 Å². The molecule has 3 aromatic rings. The number of imidazole rings is 1. The van der Waals surface area contributed by atoms with Gasteiger partial charge in [0, 0.05) is 31.0 Å². The number of rotatable bonds is 10. The van der Waals surface area contributed by atoms with Crippen LogP contribution in [0.25, 0.3) is 5.76 Å². The molecule has 8 nitrogen and oxygen atoms in total. The van der Waals surface area contributed by atoms with Crippen LogP contribution in [0.5, 0.6) is 11.5 Å². The number of amides is 1. The molecule has 1 fully saturated rings. The van der Waals surface area contributed by atoms with Gasteiger partial charge in [-0.05, 0) is 76.1 Å². The van der Waals surface area contributed by atoms with Crippen molar-refractivity contribution in [1.29, 1.82) is 0 Å². The Hall–Kier alpha value is -4.07. The highest BCUT2D eigenvalue weighted by Crippen LogP contribution is 2.40. The fourth-order valence-electron chi connectivity index (χ4n) is 4.42. The number of carbonyl (C=O) groups excluding carboxylic acids is 2. The van der Waals surface area contributed by atoms with E-state index in [2.05, 4.69) is 4.98 Å². The first kappa shape index (κ1) is 26.0. The van der Waals surface area contributed by atoms with Gasteiger partial charge < -0.3 is 24.0 Å². The van der Waals surface area contributed by atoms with Gasteiger partial charge in [-0.3, -0.25) is 9.59 Å². The summed E-state index contributed by atoms with van der Waals surface area (Å²) in [5, 5.41) is 11.3. The lowest BCUT2D eigenvalue weighted by atomic mass is 9.95. The van der Waals surface area contributed by atoms with Crippen molar-refractivity contribution in [2.24, 2.45) is 0 Å². The fraction of sp³-hybridized carbons (Fsp3) is 0.345. The molecular weight excluding hydrogens is 470 g/mol. The van der Waals surface area contributed by atoms with Gasteiger partial charge in [-0.1, -0.05) is 12.1 Å². The van der Waals surface area contributed by atoms with Crippen LogP contribution in [0.15, 0.2) is 72.8 Å². The topological polar surface area (TPSA) is 93.9 Å². The molecule has 2 heterocycles. The molecule has 8 heteroatoms. The zero-order valence-corrected chi connectivity index (χ0v) is 21.6. The zero-order chi connectivity index (χ0) is 26.5. The van der Waals surface area contributed by atoms with Crippen LogP contribution < -0.4 is 9.47 Å². The predicted molar refractivity (Wildman–Crippen MR) is 140 cm³/mol. The van der Waals surface area contributed by atoms with Crippen molar-refractivity contribution in [2.75, 3.05) is 6.54 Å². The molecule has 4 rings (SSSR count). The first-order valence-corrected chi connectivity index (χ1v) is 12.5. The summed E-state index contributed by atoms with van der Waals surface area (Å²) in [6.07, 6.45) is 5.91. The van der Waals surface area contributed by atoms with Crippen LogP contribution in [0.2, 0.25) is 0 Å². The van der Waals surface area contributed by atoms with Crippen LogP contribution in [0, 0.1) is 0 Å². The average Bonchev–Trinajstić information content (AvgIpc) is 3.46. The second-order valence-electron chi connectivity index (χ2n) is 9.57. The van der Waals surface area contributed by atoms with Crippen LogP contribution in [-0.2, 0) is 16.1 Å². The number of aromatic nitrogens is 2. The molecule has 1 aliphatic heterocycles. The summed E-state index contributed by atoms with van der Waals surface area (Å²) in [7, 11) is 0. The molecule has 0 unspecified atom stereocenters. The van der Waals surface area contributed by atoms with Crippen molar-refractivity contribution in [3.05, 3.63) is 84.0 Å². The predicted octanol–water partition coefficient (Wildman–Crippen LogP) is 4.97. The van der Waals surface area contributed by atoms with Crippen molar-refractivity contribution in [1.82, 2.24) is 14.5 Å². The van der Waals surface area contributed by atoms with E-state index in [4.69, 9.17) is 9.47 Å². The number of Topliss-reactive ketones (excluding diaryl/α,β-unsaturated/α-hetero) is 1. The number of ether oxygens (including phenoxy) is 2. The number of likely N-dealkylation sites (tertiary alicyclic amines) is 1. The van der Waals surface area contributed by atoms with Gasteiger partial charge in [-0.25, -0.2) is 4.98 Å². The van der Waals surface area contributed by atoms with E-state index < -0.39 is 17.7 Å². The van der Waals surface area contributed by atoms with Gasteiger partial charge in [0.1, 0.15) is 17.3 Å². The molecule has 0 radical (unpaired) electrons. The number of aliphatic hydroxyl groups excluding tert-OH is 1. The SMILES string of the molecule is CC(C)Oc1ccc(C(O)=C2C(=O)C(=O)N(CCCn3ccnc3)[C@@H]2c2ccc(OC(C)C)cc2)cc1. The third kappa shape index (κ3) is 6.02. The number of benzene rings is 2. The Bertz CT molecular complexity index is 1250. The van der Waals surface area contributed by atoms with E-state index in [0.29, 0.717) is 36.6 Å². The number of aryl methyl sites for hydroxylation is 1. The molecule has 194 valence electrons. The molecule has 0 bridgehead atoms. The van der Waals surface area contributed by atoms with Gasteiger partial charge in [-0.2, -0.15) is 0 Å². The van der Waals surface area contributed by atoms with Crippen LogP contribution in [0.3, 0.4) is 0 Å². The lowest BCUT2D eigenvalue weighted by molar-refractivity contribution is -0.139. The Morgan fingerprint density at radius 1 is 0.919 bits per heavy atom. The van der Waals surface area contributed by atoms with E-state index in [0.717, 1.165) is 5.56 Å². The number of nitrogens with zero attached hydrogens (tertiary/aromatic N) is 3. The van der Waals surface area contributed by atoms with E-state index in [9.17, 15) is 14.7 Å². The monoisotopic (exact) mass is 503 g/mol. The summed E-state index contributed by atoms with van der Waals surface area (Å²) < 4.78 is 13.4.